The van der Waals surface area contributed by atoms with Crippen molar-refractivity contribution in [3.8, 4) is 0 Å². The molecule has 0 radical (unpaired) electrons. The van der Waals surface area contributed by atoms with Crippen molar-refractivity contribution in [2.24, 2.45) is 12.2 Å². The van der Waals surface area contributed by atoms with Crippen LogP contribution in [0.4, 0.5) is 5.13 Å². The highest BCUT2D eigenvalue weighted by molar-refractivity contribution is 8.01. The number of thiazole rings is 1. The molecule has 2 atom stereocenters. The summed E-state index contributed by atoms with van der Waals surface area (Å²) in [4.78, 5) is 70.9. The van der Waals surface area contributed by atoms with Gasteiger partial charge in [-0.2, -0.15) is 0 Å². The summed E-state index contributed by atoms with van der Waals surface area (Å²) >= 11 is 3.52. The van der Waals surface area contributed by atoms with Gasteiger partial charge in [-0.3, -0.25) is 19.3 Å². The molecule has 212 valence electrons. The maximum atomic E-state index is 13.2. The first kappa shape index (κ1) is 29.0. The van der Waals surface area contributed by atoms with Crippen molar-refractivity contribution in [3.63, 3.8) is 0 Å². The van der Waals surface area contributed by atoms with E-state index in [0.717, 1.165) is 16.2 Å². The number of esters is 1. The van der Waals surface area contributed by atoms with Crippen LogP contribution in [-0.4, -0.2) is 107 Å². The molecule has 2 aliphatic rings. The summed E-state index contributed by atoms with van der Waals surface area (Å²) in [6.07, 6.45) is 0.406. The van der Waals surface area contributed by atoms with Crippen molar-refractivity contribution < 1.29 is 38.7 Å². The van der Waals surface area contributed by atoms with Gasteiger partial charge in [0.1, 0.15) is 22.8 Å². The molecule has 0 aromatic carbocycles. The maximum absolute atomic E-state index is 13.2. The minimum atomic E-state index is -1.28. The maximum Gasteiger partial charge on any atom is 0.352 e. The van der Waals surface area contributed by atoms with Crippen LogP contribution in [0.1, 0.15) is 12.6 Å². The summed E-state index contributed by atoms with van der Waals surface area (Å²) in [5.41, 5.74) is -0.000875. The first-order valence-corrected chi connectivity index (χ1v) is 14.2. The number of oxime groups is 1. The van der Waals surface area contributed by atoms with E-state index in [1.165, 1.54) is 33.6 Å². The Morgan fingerprint density at radius 1 is 1.38 bits per heavy atom. The first-order valence-electron chi connectivity index (χ1n) is 11.3. The van der Waals surface area contributed by atoms with Crippen LogP contribution in [0.25, 0.3) is 0 Å². The number of rotatable bonds is 13. The molecule has 2 aromatic heterocycles. The molecular weight excluding hydrogens is 590 g/mol. The number of nitrogens with zero attached hydrogens (tertiary/aromatic N) is 7. The largest absolute Gasteiger partial charge is 0.477 e. The second-order valence-electron chi connectivity index (χ2n) is 7.81. The number of hydrogen-bond donors (Lipinski definition) is 3. The Balaban J connectivity index is 1.49. The Hall–Kier alpha value is -4.04. The summed E-state index contributed by atoms with van der Waals surface area (Å²) in [7, 11) is 1.65. The topological polar surface area (TPSA) is 220 Å². The van der Waals surface area contributed by atoms with E-state index in [2.05, 4.69) is 36.3 Å². The number of carboxylic acids is 1. The van der Waals surface area contributed by atoms with Gasteiger partial charge in [-0.1, -0.05) is 16.9 Å². The zero-order valence-corrected chi connectivity index (χ0v) is 23.2. The fourth-order valence-corrected chi connectivity index (χ4v) is 6.54. The molecule has 1 saturated heterocycles. The molecule has 17 nitrogen and oxygen atoms in total. The van der Waals surface area contributed by atoms with Gasteiger partial charge in [-0.05, 0) is 22.9 Å². The molecule has 1 fully saturated rings. The van der Waals surface area contributed by atoms with Gasteiger partial charge in [-0.15, -0.1) is 28.2 Å². The van der Waals surface area contributed by atoms with E-state index < -0.39 is 41.8 Å². The van der Waals surface area contributed by atoms with Crippen molar-refractivity contribution in [2.45, 2.75) is 23.5 Å². The lowest BCUT2D eigenvalue weighted by atomic mass is 10.0. The van der Waals surface area contributed by atoms with E-state index in [1.54, 1.807) is 14.0 Å². The number of fused-ring (bicyclic) bond motifs is 1. The average Bonchev–Trinajstić information content (AvgIpc) is 3.56. The van der Waals surface area contributed by atoms with Gasteiger partial charge in [0, 0.05) is 23.9 Å². The Morgan fingerprint density at radius 2 is 2.17 bits per heavy atom. The van der Waals surface area contributed by atoms with E-state index in [4.69, 9.17) is 9.57 Å². The normalized spacial score (nSPS) is 18.5. The van der Waals surface area contributed by atoms with Crippen LogP contribution in [0, 0.1) is 0 Å². The number of thioether (sulfide) groups is 2. The number of tetrazole rings is 1. The van der Waals surface area contributed by atoms with E-state index in [9.17, 15) is 29.1 Å². The van der Waals surface area contributed by atoms with Crippen molar-refractivity contribution in [1.29, 1.82) is 0 Å². The third kappa shape index (κ3) is 6.23. The van der Waals surface area contributed by atoms with Crippen LogP contribution in [-0.2, 0) is 40.6 Å². The lowest BCUT2D eigenvalue weighted by Crippen LogP contribution is -2.71. The molecule has 0 aliphatic carbocycles. The van der Waals surface area contributed by atoms with E-state index >= 15 is 0 Å². The molecule has 3 N–H and O–H groups in total. The van der Waals surface area contributed by atoms with Crippen molar-refractivity contribution in [1.82, 2.24) is 35.4 Å². The van der Waals surface area contributed by atoms with Gasteiger partial charge >= 0.3 is 11.9 Å². The van der Waals surface area contributed by atoms with Crippen LogP contribution < -0.4 is 10.6 Å². The van der Waals surface area contributed by atoms with Crippen molar-refractivity contribution >= 4 is 75.9 Å². The summed E-state index contributed by atoms with van der Waals surface area (Å²) in [5, 5.41) is 31.0. The molecule has 2 aromatic rings. The standard InChI is InChI=1S/C20H21N9O8S3/c1-3-36-11(31)4-37-25-12(10-7-39-19(22-10)21-8-30)15(32)23-13-16(33)29-14(18(34)35)9(5-38-17(13)29)6-40-20-24-26-27-28(20)2/h7-8,13,17H,3-6H2,1-2H3,(H,23,32)(H,34,35)(H,21,22,30)/t13?,17-/m1/s1. The summed E-state index contributed by atoms with van der Waals surface area (Å²) < 4.78 is 6.20. The zero-order chi connectivity index (χ0) is 28.8. The Kier molecular flexibility index (Phi) is 9.32. The quantitative estimate of drug-likeness (QED) is 0.0621. The summed E-state index contributed by atoms with van der Waals surface area (Å²) in [6, 6.07) is -1.06. The van der Waals surface area contributed by atoms with Crippen LogP contribution in [0.15, 0.2) is 27.0 Å². The molecule has 1 unspecified atom stereocenters. The Bertz CT molecular complexity index is 1390. The number of hydrogen-bond acceptors (Lipinski definition) is 15. The Labute approximate surface area is 237 Å². The third-order valence-electron chi connectivity index (χ3n) is 5.28. The molecule has 0 spiro atoms. The minimum Gasteiger partial charge on any atom is -0.477 e. The number of anilines is 1. The first-order chi connectivity index (χ1) is 19.2. The van der Waals surface area contributed by atoms with Gasteiger partial charge < -0.3 is 25.3 Å². The number of nitrogens with one attached hydrogen (secondary N) is 2. The number of aryl methyl sites for hydroxylation is 1. The monoisotopic (exact) mass is 611 g/mol. The SMILES string of the molecule is CCOC(=O)CON=C(C(=O)NC1C(=O)N2C(C(=O)O)=C(CSc3nnnn3C)CS[C@H]12)c1csc(NC=O)n1. The molecule has 0 saturated carbocycles. The fraction of sp³-hybridized carbons (Fsp3) is 0.400. The lowest BCUT2D eigenvalue weighted by molar-refractivity contribution is -0.150. The highest BCUT2D eigenvalue weighted by atomic mass is 32.2. The van der Waals surface area contributed by atoms with Gasteiger partial charge in [0.25, 0.3) is 11.8 Å². The van der Waals surface area contributed by atoms with E-state index in [1.807, 2.05) is 0 Å². The van der Waals surface area contributed by atoms with Crippen LogP contribution >= 0.6 is 34.9 Å². The van der Waals surface area contributed by atoms with Gasteiger partial charge in [-0.25, -0.2) is 19.3 Å². The number of ether oxygens (including phenoxy) is 1. The van der Waals surface area contributed by atoms with Gasteiger partial charge in [0.15, 0.2) is 10.8 Å². The van der Waals surface area contributed by atoms with Crippen LogP contribution in [0.3, 0.4) is 0 Å². The molecule has 4 heterocycles. The number of β-lactam (4-membered cyclic amide) rings is 1. The van der Waals surface area contributed by atoms with Crippen LogP contribution in [0.5, 0.6) is 0 Å². The molecule has 40 heavy (non-hydrogen) atoms. The summed E-state index contributed by atoms with van der Waals surface area (Å²) in [5.74, 6) is -2.94. The number of aliphatic carboxylic acids is 1. The average molecular weight is 612 g/mol. The molecule has 20 heteroatoms. The third-order valence-corrected chi connectivity index (χ3v) is 8.49. The molecule has 4 rings (SSSR count). The highest BCUT2D eigenvalue weighted by Crippen LogP contribution is 2.41. The second-order valence-corrected chi connectivity index (χ2v) is 10.7. The van der Waals surface area contributed by atoms with E-state index in [0.29, 0.717) is 17.1 Å². The highest BCUT2D eigenvalue weighted by Gasteiger charge is 2.54. The predicted molar refractivity (Wildman–Crippen MR) is 140 cm³/mol. The number of carbonyl (C=O) groups excluding carboxylic acids is 4. The minimum absolute atomic E-state index is 0.0133. The Morgan fingerprint density at radius 3 is 2.85 bits per heavy atom. The van der Waals surface area contributed by atoms with E-state index in [-0.39, 0.29) is 40.3 Å². The number of carboxylic acid groups (broad SMARTS) is 1. The van der Waals surface area contributed by atoms with Gasteiger partial charge in [0.05, 0.1) is 6.61 Å². The van der Waals surface area contributed by atoms with Crippen molar-refractivity contribution in [3.05, 3.63) is 22.3 Å². The predicted octanol–water partition coefficient (Wildman–Crippen LogP) is -0.950. The lowest BCUT2D eigenvalue weighted by Gasteiger charge is -2.49. The summed E-state index contributed by atoms with van der Waals surface area (Å²) in [6.45, 7) is 1.15. The fourth-order valence-electron chi connectivity index (χ4n) is 3.56. The number of aromatic nitrogens is 5. The molecular formula is C20H21N9O8S3. The number of carbonyl (C=O) groups is 5. The molecule has 3 amide bonds. The molecule has 2 aliphatic heterocycles. The second kappa shape index (κ2) is 12.9. The van der Waals surface area contributed by atoms with Crippen molar-refractivity contribution in [2.75, 3.05) is 30.0 Å². The molecule has 0 bridgehead atoms. The van der Waals surface area contributed by atoms with Gasteiger partial charge in [0.2, 0.25) is 18.2 Å². The smallest absolute Gasteiger partial charge is 0.352 e. The van der Waals surface area contributed by atoms with Crippen LogP contribution in [0.2, 0.25) is 0 Å². The zero-order valence-electron chi connectivity index (χ0n) is 20.8. The number of amides is 3.